The average molecular weight is 422 g/mol. The Morgan fingerprint density at radius 3 is 2.48 bits per heavy atom. The summed E-state index contributed by atoms with van der Waals surface area (Å²) in [6.45, 7) is 5.68. The van der Waals surface area contributed by atoms with Crippen molar-refractivity contribution < 1.29 is 9.69 Å². The lowest BCUT2D eigenvalue weighted by atomic mass is 10.1. The largest absolute Gasteiger partial charge is 0.351 e. The lowest BCUT2D eigenvalue weighted by Crippen LogP contribution is -3.04. The van der Waals surface area contributed by atoms with Crippen LogP contribution in [0.4, 0.5) is 0 Å². The maximum Gasteiger partial charge on any atom is 0.230 e. The first-order chi connectivity index (χ1) is 11.9. The summed E-state index contributed by atoms with van der Waals surface area (Å²) in [6.07, 6.45) is 0. The van der Waals surface area contributed by atoms with E-state index in [-0.39, 0.29) is 5.91 Å². The van der Waals surface area contributed by atoms with Crippen LogP contribution in [0, 0.1) is 13.8 Å². The number of amides is 1. The van der Waals surface area contributed by atoms with Crippen molar-refractivity contribution >= 4 is 33.6 Å². The minimum Gasteiger partial charge on any atom is -0.351 e. The number of halogens is 1. The molecule has 0 fully saturated rings. The molecule has 25 heavy (non-hydrogen) atoms. The molecule has 0 spiro atoms. The number of carbonyl (C=O) groups excluding carboxylic acids is 1. The van der Waals surface area contributed by atoms with Gasteiger partial charge in [-0.05, 0) is 42.7 Å². The molecule has 5 heteroatoms. The smallest absolute Gasteiger partial charge is 0.230 e. The molecule has 0 saturated heterocycles. The van der Waals surface area contributed by atoms with Crippen LogP contribution in [0.1, 0.15) is 22.3 Å². The van der Waals surface area contributed by atoms with Crippen molar-refractivity contribution in [3.8, 4) is 0 Å². The second-order valence-electron chi connectivity index (χ2n) is 6.58. The van der Waals surface area contributed by atoms with Crippen LogP contribution >= 0.6 is 27.7 Å². The van der Waals surface area contributed by atoms with E-state index < -0.39 is 0 Å². The van der Waals surface area contributed by atoms with E-state index in [1.807, 2.05) is 6.07 Å². The fraction of sp³-hybridized carbons (Fsp3) is 0.350. The van der Waals surface area contributed by atoms with Gasteiger partial charge in [0.25, 0.3) is 0 Å². The lowest BCUT2D eigenvalue weighted by Gasteiger charge is -2.13. The van der Waals surface area contributed by atoms with Gasteiger partial charge in [-0.15, -0.1) is 11.8 Å². The quantitative estimate of drug-likeness (QED) is 0.673. The Labute approximate surface area is 163 Å². The maximum atomic E-state index is 12.2. The molecular weight excluding hydrogens is 396 g/mol. The topological polar surface area (TPSA) is 33.5 Å². The van der Waals surface area contributed by atoms with Crippen LogP contribution in [0.3, 0.4) is 0 Å². The second-order valence-corrected chi connectivity index (χ2v) is 8.46. The fourth-order valence-electron chi connectivity index (χ4n) is 2.58. The predicted octanol–water partition coefficient (Wildman–Crippen LogP) is 3.12. The van der Waals surface area contributed by atoms with Gasteiger partial charge >= 0.3 is 0 Å². The maximum absolute atomic E-state index is 12.2. The number of benzene rings is 2. The zero-order valence-electron chi connectivity index (χ0n) is 15.3. The highest BCUT2D eigenvalue weighted by atomic mass is 79.9. The molecule has 0 radical (unpaired) electrons. The van der Waals surface area contributed by atoms with Gasteiger partial charge in [0.1, 0.15) is 6.54 Å². The number of aryl methyl sites for hydroxylation is 2. The first kappa shape index (κ1) is 20.0. The second kappa shape index (κ2) is 9.41. The molecule has 0 aromatic heterocycles. The summed E-state index contributed by atoms with van der Waals surface area (Å²) in [6, 6.07) is 12.5. The third kappa shape index (κ3) is 6.17. The minimum atomic E-state index is 0.0666. The molecular formula is C20H26BrN2OS+. The monoisotopic (exact) mass is 421 g/mol. The first-order valence-corrected chi connectivity index (χ1v) is 10.2. The van der Waals surface area contributed by atoms with Crippen LogP contribution in [-0.2, 0) is 17.9 Å². The highest BCUT2D eigenvalue weighted by Crippen LogP contribution is 2.28. The van der Waals surface area contributed by atoms with Crippen molar-refractivity contribution in [2.24, 2.45) is 0 Å². The number of nitrogens with one attached hydrogen (secondary N) is 2. The predicted molar refractivity (Wildman–Crippen MR) is 109 cm³/mol. The molecule has 0 aliphatic heterocycles. The van der Waals surface area contributed by atoms with E-state index in [1.165, 1.54) is 27.2 Å². The zero-order chi connectivity index (χ0) is 18.4. The van der Waals surface area contributed by atoms with E-state index in [0.717, 1.165) is 15.9 Å². The van der Waals surface area contributed by atoms with Gasteiger partial charge in [0.05, 0.1) is 19.8 Å². The SMILES string of the molecule is Cc1cc(SCC(=O)NCc2ccccc2C[NH+](C)C)c(C)cc1Br. The van der Waals surface area contributed by atoms with Crippen LogP contribution in [0.5, 0.6) is 0 Å². The van der Waals surface area contributed by atoms with E-state index in [0.29, 0.717) is 12.3 Å². The van der Waals surface area contributed by atoms with Crippen molar-refractivity contribution in [2.45, 2.75) is 31.8 Å². The fourth-order valence-corrected chi connectivity index (χ4v) is 3.97. The Morgan fingerprint density at radius 2 is 1.80 bits per heavy atom. The van der Waals surface area contributed by atoms with Crippen molar-refractivity contribution in [2.75, 3.05) is 19.8 Å². The molecule has 2 aromatic carbocycles. The molecule has 0 bridgehead atoms. The number of hydrogen-bond acceptors (Lipinski definition) is 2. The van der Waals surface area contributed by atoms with E-state index in [1.54, 1.807) is 11.8 Å². The van der Waals surface area contributed by atoms with Crippen molar-refractivity contribution in [3.05, 3.63) is 63.1 Å². The van der Waals surface area contributed by atoms with E-state index in [4.69, 9.17) is 0 Å². The van der Waals surface area contributed by atoms with Crippen molar-refractivity contribution in [1.29, 1.82) is 0 Å². The van der Waals surface area contributed by atoms with Crippen LogP contribution in [-0.4, -0.2) is 25.8 Å². The highest BCUT2D eigenvalue weighted by Gasteiger charge is 2.09. The highest BCUT2D eigenvalue weighted by molar-refractivity contribution is 9.10. The molecule has 0 heterocycles. The molecule has 0 aliphatic rings. The number of carbonyl (C=O) groups is 1. The van der Waals surface area contributed by atoms with Gasteiger partial charge in [-0.2, -0.15) is 0 Å². The van der Waals surface area contributed by atoms with Crippen LogP contribution in [0.2, 0.25) is 0 Å². The molecule has 3 nitrogen and oxygen atoms in total. The van der Waals surface area contributed by atoms with E-state index >= 15 is 0 Å². The molecule has 0 atom stereocenters. The van der Waals surface area contributed by atoms with Crippen molar-refractivity contribution in [1.82, 2.24) is 5.32 Å². The third-order valence-corrected chi connectivity index (χ3v) is 5.97. The van der Waals surface area contributed by atoms with Crippen LogP contribution in [0.15, 0.2) is 45.8 Å². The third-order valence-electron chi connectivity index (χ3n) is 3.95. The molecule has 1 amide bonds. The van der Waals surface area contributed by atoms with Gasteiger partial charge in [0.2, 0.25) is 5.91 Å². The van der Waals surface area contributed by atoms with Gasteiger partial charge in [-0.3, -0.25) is 4.79 Å². The number of thioether (sulfide) groups is 1. The van der Waals surface area contributed by atoms with Gasteiger partial charge in [-0.25, -0.2) is 0 Å². The molecule has 0 saturated carbocycles. The molecule has 0 aliphatic carbocycles. The summed E-state index contributed by atoms with van der Waals surface area (Å²) in [5, 5.41) is 3.05. The average Bonchev–Trinajstić information content (AvgIpc) is 2.55. The minimum absolute atomic E-state index is 0.0666. The Morgan fingerprint density at radius 1 is 1.12 bits per heavy atom. The Hall–Kier alpha value is -1.30. The van der Waals surface area contributed by atoms with Gasteiger partial charge in [0, 0.05) is 21.5 Å². The van der Waals surface area contributed by atoms with Crippen LogP contribution < -0.4 is 10.2 Å². The summed E-state index contributed by atoms with van der Waals surface area (Å²) in [4.78, 5) is 14.8. The molecule has 2 rings (SSSR count). The van der Waals surface area contributed by atoms with Crippen LogP contribution in [0.25, 0.3) is 0 Å². The molecule has 0 unspecified atom stereocenters. The summed E-state index contributed by atoms with van der Waals surface area (Å²) >= 11 is 5.14. The number of hydrogen-bond donors (Lipinski definition) is 2. The van der Waals surface area contributed by atoms with Gasteiger partial charge < -0.3 is 10.2 Å². The number of quaternary nitrogens is 1. The number of rotatable bonds is 7. The molecule has 134 valence electrons. The molecule has 2 N–H and O–H groups in total. The standard InChI is InChI=1S/C20H25BrN2OS/c1-14-10-19(15(2)9-18(14)21)25-13-20(24)22-11-16-7-5-6-8-17(16)12-23(3)4/h5-10H,11-13H2,1-4H3,(H,22,24)/p+1. The Bertz CT molecular complexity index is 746. The summed E-state index contributed by atoms with van der Waals surface area (Å²) < 4.78 is 1.11. The van der Waals surface area contributed by atoms with Gasteiger partial charge in [-0.1, -0.05) is 40.2 Å². The van der Waals surface area contributed by atoms with Crippen molar-refractivity contribution in [3.63, 3.8) is 0 Å². The molecule has 2 aromatic rings. The Balaban J connectivity index is 1.91. The summed E-state index contributed by atoms with van der Waals surface area (Å²) in [5.74, 6) is 0.500. The van der Waals surface area contributed by atoms with E-state index in [2.05, 4.69) is 79.5 Å². The van der Waals surface area contributed by atoms with E-state index in [9.17, 15) is 4.79 Å². The summed E-state index contributed by atoms with van der Waals surface area (Å²) in [7, 11) is 4.27. The first-order valence-electron chi connectivity index (χ1n) is 8.39. The zero-order valence-corrected chi connectivity index (χ0v) is 17.7. The van der Waals surface area contributed by atoms with Gasteiger partial charge in [0.15, 0.2) is 0 Å². The summed E-state index contributed by atoms with van der Waals surface area (Å²) in [5.41, 5.74) is 4.86. The Kier molecular flexibility index (Phi) is 7.54. The lowest BCUT2D eigenvalue weighted by molar-refractivity contribution is -0.872. The normalized spacial score (nSPS) is 11.0.